The van der Waals surface area contributed by atoms with E-state index in [1.807, 2.05) is 0 Å². The molecule has 2 atom stereocenters. The van der Waals surface area contributed by atoms with Crippen LogP contribution in [0.3, 0.4) is 0 Å². The maximum absolute atomic E-state index is 3.77. The lowest BCUT2D eigenvalue weighted by Gasteiger charge is -2.30. The molecular formula is C12H21N. The van der Waals surface area contributed by atoms with Crippen molar-refractivity contribution in [3.63, 3.8) is 0 Å². The Balaban J connectivity index is 1.49. The molecule has 1 N–H and O–H groups in total. The van der Waals surface area contributed by atoms with Gasteiger partial charge in [0.15, 0.2) is 0 Å². The van der Waals surface area contributed by atoms with Crippen molar-refractivity contribution in [2.75, 3.05) is 6.54 Å². The summed E-state index contributed by atoms with van der Waals surface area (Å²) in [6.07, 6.45) is 12.0. The maximum atomic E-state index is 3.77. The Morgan fingerprint density at radius 3 is 2.69 bits per heavy atom. The molecule has 0 spiro atoms. The van der Waals surface area contributed by atoms with E-state index in [2.05, 4.69) is 5.32 Å². The summed E-state index contributed by atoms with van der Waals surface area (Å²) in [5, 5.41) is 3.77. The van der Waals surface area contributed by atoms with Crippen molar-refractivity contribution in [1.29, 1.82) is 0 Å². The van der Waals surface area contributed by atoms with Gasteiger partial charge in [0.2, 0.25) is 0 Å². The van der Waals surface area contributed by atoms with Crippen molar-refractivity contribution in [1.82, 2.24) is 5.32 Å². The van der Waals surface area contributed by atoms with Crippen molar-refractivity contribution in [2.24, 2.45) is 11.3 Å². The van der Waals surface area contributed by atoms with Crippen LogP contribution in [0.4, 0.5) is 0 Å². The van der Waals surface area contributed by atoms with Gasteiger partial charge in [0.05, 0.1) is 0 Å². The third kappa shape index (κ3) is 1.41. The van der Waals surface area contributed by atoms with E-state index in [9.17, 15) is 0 Å². The van der Waals surface area contributed by atoms with Crippen LogP contribution in [0.2, 0.25) is 0 Å². The van der Waals surface area contributed by atoms with E-state index in [-0.39, 0.29) is 0 Å². The topological polar surface area (TPSA) is 12.0 Å². The second-order valence-corrected chi connectivity index (χ2v) is 5.52. The summed E-state index contributed by atoms with van der Waals surface area (Å²) in [6.45, 7) is 1.35. The van der Waals surface area contributed by atoms with E-state index in [1.54, 1.807) is 6.42 Å². The van der Waals surface area contributed by atoms with E-state index in [4.69, 9.17) is 0 Å². The largest absolute Gasteiger partial charge is 0.313 e. The zero-order valence-electron chi connectivity index (χ0n) is 8.52. The molecule has 3 aliphatic carbocycles. The number of nitrogens with one attached hydrogen (secondary N) is 1. The fraction of sp³-hybridized carbons (Fsp3) is 1.00. The first-order valence-corrected chi connectivity index (χ1v) is 6.12. The number of hydrogen-bond donors (Lipinski definition) is 1. The van der Waals surface area contributed by atoms with Crippen molar-refractivity contribution in [3.8, 4) is 0 Å². The first-order chi connectivity index (χ1) is 6.39. The summed E-state index contributed by atoms with van der Waals surface area (Å²) in [4.78, 5) is 0. The third-order valence-electron chi connectivity index (χ3n) is 4.68. The van der Waals surface area contributed by atoms with Gasteiger partial charge in [0.25, 0.3) is 0 Å². The van der Waals surface area contributed by atoms with E-state index in [1.165, 1.54) is 51.5 Å². The smallest absolute Gasteiger partial charge is 0.00673 e. The molecule has 0 saturated heterocycles. The van der Waals surface area contributed by atoms with E-state index in [0.29, 0.717) is 0 Å². The lowest BCUT2D eigenvalue weighted by molar-refractivity contribution is 0.267. The molecule has 0 aliphatic heterocycles. The summed E-state index contributed by atoms with van der Waals surface area (Å²) in [5.74, 6) is 1.12. The van der Waals surface area contributed by atoms with Gasteiger partial charge in [-0.25, -0.2) is 0 Å². The van der Waals surface area contributed by atoms with Gasteiger partial charge in [0.1, 0.15) is 0 Å². The van der Waals surface area contributed by atoms with Crippen LogP contribution in [0.15, 0.2) is 0 Å². The Hall–Kier alpha value is -0.0400. The molecule has 0 aromatic carbocycles. The van der Waals surface area contributed by atoms with Gasteiger partial charge in [-0.2, -0.15) is 0 Å². The average Bonchev–Trinajstić information content (AvgIpc) is 2.76. The highest BCUT2D eigenvalue weighted by molar-refractivity contribution is 5.05. The first kappa shape index (κ1) is 8.28. The van der Waals surface area contributed by atoms with Gasteiger partial charge in [-0.3, -0.25) is 0 Å². The molecule has 0 heterocycles. The second kappa shape index (κ2) is 2.98. The highest BCUT2D eigenvalue weighted by Gasteiger charge is 2.54. The number of hydrogen-bond acceptors (Lipinski definition) is 1. The minimum absolute atomic E-state index is 0.799. The molecule has 74 valence electrons. The minimum Gasteiger partial charge on any atom is -0.313 e. The zero-order chi connectivity index (χ0) is 8.73. The molecule has 1 nitrogen and oxygen atoms in total. The summed E-state index contributed by atoms with van der Waals surface area (Å²) in [5.41, 5.74) is 0.799. The van der Waals surface area contributed by atoms with E-state index in [0.717, 1.165) is 17.4 Å². The summed E-state index contributed by atoms with van der Waals surface area (Å²) < 4.78 is 0. The van der Waals surface area contributed by atoms with Crippen LogP contribution < -0.4 is 5.32 Å². The molecule has 3 saturated carbocycles. The fourth-order valence-electron chi connectivity index (χ4n) is 3.28. The van der Waals surface area contributed by atoms with Crippen LogP contribution in [0.5, 0.6) is 0 Å². The van der Waals surface area contributed by atoms with Gasteiger partial charge in [0, 0.05) is 12.6 Å². The Kier molecular flexibility index (Phi) is 1.90. The average molecular weight is 179 g/mol. The van der Waals surface area contributed by atoms with Gasteiger partial charge >= 0.3 is 0 Å². The van der Waals surface area contributed by atoms with Crippen LogP contribution >= 0.6 is 0 Å². The van der Waals surface area contributed by atoms with Crippen LogP contribution in [0.1, 0.15) is 51.4 Å². The molecule has 0 aromatic rings. The van der Waals surface area contributed by atoms with Crippen LogP contribution in [0.25, 0.3) is 0 Å². The lowest BCUT2D eigenvalue weighted by Crippen LogP contribution is -2.39. The van der Waals surface area contributed by atoms with Crippen LogP contribution in [0, 0.1) is 11.3 Å². The van der Waals surface area contributed by atoms with E-state index >= 15 is 0 Å². The molecule has 0 radical (unpaired) electrons. The minimum atomic E-state index is 0.799. The standard InChI is InChI=1S/C12H21N/c1-2-7-12(8-10(12)4-1)9-13-11-5-3-6-11/h10-11,13H,1-9H2. The molecule has 3 aliphatic rings. The van der Waals surface area contributed by atoms with Crippen molar-refractivity contribution < 1.29 is 0 Å². The van der Waals surface area contributed by atoms with Gasteiger partial charge in [-0.15, -0.1) is 0 Å². The highest BCUT2D eigenvalue weighted by atomic mass is 15.0. The third-order valence-corrected chi connectivity index (χ3v) is 4.68. The summed E-state index contributed by atoms with van der Waals surface area (Å²) >= 11 is 0. The molecule has 3 rings (SSSR count). The summed E-state index contributed by atoms with van der Waals surface area (Å²) in [6, 6.07) is 0.901. The Labute approximate surface area is 81.3 Å². The predicted octanol–water partition coefficient (Wildman–Crippen LogP) is 2.71. The molecular weight excluding hydrogens is 158 g/mol. The molecule has 0 aromatic heterocycles. The Bertz CT molecular complexity index is 197. The highest BCUT2D eigenvalue weighted by Crippen LogP contribution is 2.60. The Morgan fingerprint density at radius 1 is 1.08 bits per heavy atom. The van der Waals surface area contributed by atoms with Crippen molar-refractivity contribution in [2.45, 2.75) is 57.4 Å². The molecule has 13 heavy (non-hydrogen) atoms. The molecule has 0 bridgehead atoms. The number of rotatable bonds is 3. The van der Waals surface area contributed by atoms with Crippen molar-refractivity contribution in [3.05, 3.63) is 0 Å². The fourth-order valence-corrected chi connectivity index (χ4v) is 3.28. The number of fused-ring (bicyclic) bond motifs is 1. The predicted molar refractivity (Wildman–Crippen MR) is 54.6 cm³/mol. The molecule has 0 amide bonds. The monoisotopic (exact) mass is 179 g/mol. The summed E-state index contributed by atoms with van der Waals surface area (Å²) in [7, 11) is 0. The first-order valence-electron chi connectivity index (χ1n) is 6.12. The Morgan fingerprint density at radius 2 is 2.00 bits per heavy atom. The van der Waals surface area contributed by atoms with Crippen molar-refractivity contribution >= 4 is 0 Å². The zero-order valence-corrected chi connectivity index (χ0v) is 8.52. The quantitative estimate of drug-likeness (QED) is 0.702. The lowest BCUT2D eigenvalue weighted by atomic mass is 9.87. The molecule has 3 fully saturated rings. The SMILES string of the molecule is C1CC(NCC23CCCCC2C3)C1. The molecule has 2 unspecified atom stereocenters. The van der Waals surface area contributed by atoms with E-state index < -0.39 is 0 Å². The molecule has 1 heteroatoms. The van der Waals surface area contributed by atoms with Gasteiger partial charge in [-0.05, 0) is 43.4 Å². The normalized spacial score (nSPS) is 43.8. The van der Waals surface area contributed by atoms with Gasteiger partial charge in [-0.1, -0.05) is 19.3 Å². The second-order valence-electron chi connectivity index (χ2n) is 5.52. The van der Waals surface area contributed by atoms with Crippen LogP contribution in [-0.4, -0.2) is 12.6 Å². The van der Waals surface area contributed by atoms with Gasteiger partial charge < -0.3 is 5.32 Å². The van der Waals surface area contributed by atoms with Crippen LogP contribution in [-0.2, 0) is 0 Å². The maximum Gasteiger partial charge on any atom is 0.00673 e.